The Kier molecular flexibility index (Phi) is 4.02. The number of sulfonamides is 1. The van der Waals surface area contributed by atoms with Gasteiger partial charge in [-0.3, -0.25) is 0 Å². The Morgan fingerprint density at radius 2 is 2.12 bits per heavy atom. The van der Waals surface area contributed by atoms with Gasteiger partial charge in [-0.05, 0) is 22.6 Å². The summed E-state index contributed by atoms with van der Waals surface area (Å²) >= 11 is 1.46. The summed E-state index contributed by atoms with van der Waals surface area (Å²) in [5.74, 6) is -0.222. The average molecular weight is 364 g/mol. The fourth-order valence-corrected chi connectivity index (χ4v) is 3.01. The smallest absolute Gasteiger partial charge is 0.281 e. The first kappa shape index (κ1) is 13.5. The Bertz CT molecular complexity index is 507. The van der Waals surface area contributed by atoms with Gasteiger partial charge < -0.3 is 4.74 Å². The standard InChI is InChI=1S/C7H7F2IN2O3S/c1-15-4-2-3(16(11,13)14)5(10)6(12-4)7(8)9/h2,7H,1H3,(H2,11,13,14). The van der Waals surface area contributed by atoms with Crippen LogP contribution in [-0.4, -0.2) is 20.5 Å². The molecule has 0 saturated heterocycles. The number of aromatic nitrogens is 1. The Balaban J connectivity index is 3.56. The van der Waals surface area contributed by atoms with Gasteiger partial charge in [-0.1, -0.05) is 0 Å². The van der Waals surface area contributed by atoms with Crippen LogP contribution in [0.5, 0.6) is 5.88 Å². The minimum absolute atomic E-state index is 0.198. The maximum atomic E-state index is 12.6. The van der Waals surface area contributed by atoms with E-state index in [0.29, 0.717) is 0 Å². The second-order valence-electron chi connectivity index (χ2n) is 2.71. The van der Waals surface area contributed by atoms with Crippen molar-refractivity contribution in [2.45, 2.75) is 11.3 Å². The monoisotopic (exact) mass is 364 g/mol. The number of ether oxygens (including phenoxy) is 1. The van der Waals surface area contributed by atoms with Crippen LogP contribution in [0.2, 0.25) is 0 Å². The predicted molar refractivity (Wildman–Crippen MR) is 59.8 cm³/mol. The summed E-state index contributed by atoms with van der Waals surface area (Å²) in [7, 11) is -2.89. The number of halogens is 3. The molecule has 0 aliphatic carbocycles. The van der Waals surface area contributed by atoms with Gasteiger partial charge in [0, 0.05) is 6.07 Å². The molecule has 2 N–H and O–H groups in total. The molecule has 1 heterocycles. The lowest BCUT2D eigenvalue weighted by Gasteiger charge is -2.09. The van der Waals surface area contributed by atoms with Crippen molar-refractivity contribution in [1.29, 1.82) is 0 Å². The van der Waals surface area contributed by atoms with Crippen LogP contribution in [0.25, 0.3) is 0 Å². The molecule has 0 amide bonds. The third-order valence-corrected chi connectivity index (χ3v) is 4.08. The lowest BCUT2D eigenvalue weighted by Crippen LogP contribution is -2.16. The van der Waals surface area contributed by atoms with Gasteiger partial charge in [0.05, 0.1) is 10.7 Å². The molecule has 0 bridgehead atoms. The number of alkyl halides is 2. The highest BCUT2D eigenvalue weighted by molar-refractivity contribution is 14.1. The molecule has 1 aromatic heterocycles. The first-order valence-electron chi connectivity index (χ1n) is 3.82. The van der Waals surface area contributed by atoms with E-state index in [0.717, 1.165) is 6.07 Å². The van der Waals surface area contributed by atoms with Crippen molar-refractivity contribution in [2.24, 2.45) is 5.14 Å². The molecule has 0 fully saturated rings. The zero-order chi connectivity index (χ0) is 12.5. The van der Waals surface area contributed by atoms with Crippen molar-refractivity contribution >= 4 is 32.6 Å². The summed E-state index contributed by atoms with van der Waals surface area (Å²) in [6.07, 6.45) is -2.90. The molecule has 0 saturated carbocycles. The average Bonchev–Trinajstić information content (AvgIpc) is 2.15. The zero-order valence-electron chi connectivity index (χ0n) is 7.95. The Morgan fingerprint density at radius 1 is 1.56 bits per heavy atom. The number of rotatable bonds is 3. The number of nitrogens with zero attached hydrogens (tertiary/aromatic N) is 1. The molecule has 0 spiro atoms. The Morgan fingerprint density at radius 3 is 2.50 bits per heavy atom. The summed E-state index contributed by atoms with van der Waals surface area (Å²) in [5, 5.41) is 4.89. The largest absolute Gasteiger partial charge is 0.481 e. The number of pyridine rings is 1. The number of hydrogen-bond donors (Lipinski definition) is 1. The Hall–Kier alpha value is -0.550. The third-order valence-electron chi connectivity index (χ3n) is 1.65. The molecule has 0 aliphatic heterocycles. The second kappa shape index (κ2) is 4.75. The molecule has 1 aromatic rings. The van der Waals surface area contributed by atoms with Gasteiger partial charge in [0.25, 0.3) is 6.43 Å². The van der Waals surface area contributed by atoms with Crippen LogP contribution in [0.3, 0.4) is 0 Å². The van der Waals surface area contributed by atoms with E-state index < -0.39 is 27.0 Å². The molecule has 0 atom stereocenters. The summed E-state index contributed by atoms with van der Waals surface area (Å²) in [5.41, 5.74) is -0.663. The van der Waals surface area contributed by atoms with Crippen LogP contribution in [0.1, 0.15) is 12.1 Å². The van der Waals surface area contributed by atoms with Gasteiger partial charge in [-0.25, -0.2) is 27.3 Å². The molecule has 0 aliphatic rings. The Labute approximate surface area is 104 Å². The molecule has 1 rings (SSSR count). The topological polar surface area (TPSA) is 82.3 Å². The van der Waals surface area contributed by atoms with Crippen LogP contribution in [-0.2, 0) is 10.0 Å². The van der Waals surface area contributed by atoms with Gasteiger partial charge in [0.1, 0.15) is 10.6 Å². The number of hydrogen-bond acceptors (Lipinski definition) is 4. The first-order valence-corrected chi connectivity index (χ1v) is 6.45. The number of methoxy groups -OCH3 is 1. The number of nitrogens with two attached hydrogens (primary N) is 1. The van der Waals surface area contributed by atoms with E-state index in [1.165, 1.54) is 29.7 Å². The maximum Gasteiger partial charge on any atom is 0.281 e. The summed E-state index contributed by atoms with van der Waals surface area (Å²) < 4.78 is 51.8. The molecule has 16 heavy (non-hydrogen) atoms. The van der Waals surface area contributed by atoms with Gasteiger partial charge in [0.2, 0.25) is 15.9 Å². The minimum atomic E-state index is -4.08. The van der Waals surface area contributed by atoms with E-state index in [-0.39, 0.29) is 9.45 Å². The van der Waals surface area contributed by atoms with Crippen LogP contribution in [0.15, 0.2) is 11.0 Å². The van der Waals surface area contributed by atoms with Gasteiger partial charge in [-0.2, -0.15) is 0 Å². The normalized spacial score (nSPS) is 11.9. The molecule has 9 heteroatoms. The summed E-state index contributed by atoms with van der Waals surface area (Å²) in [6, 6.07) is 1.00. The zero-order valence-corrected chi connectivity index (χ0v) is 10.9. The second-order valence-corrected chi connectivity index (χ2v) is 5.32. The van der Waals surface area contributed by atoms with Gasteiger partial charge >= 0.3 is 0 Å². The fraction of sp³-hybridized carbons (Fsp3) is 0.286. The van der Waals surface area contributed by atoms with Crippen molar-refractivity contribution in [2.75, 3.05) is 7.11 Å². The maximum absolute atomic E-state index is 12.6. The molecular formula is C7H7F2IN2O3S. The van der Waals surface area contributed by atoms with Crippen molar-refractivity contribution in [3.8, 4) is 5.88 Å². The number of primary sulfonamides is 1. The van der Waals surface area contributed by atoms with Crippen LogP contribution >= 0.6 is 22.6 Å². The molecule has 0 aromatic carbocycles. The van der Waals surface area contributed by atoms with Crippen molar-refractivity contribution in [1.82, 2.24) is 4.98 Å². The molecule has 5 nitrogen and oxygen atoms in total. The molecule has 0 radical (unpaired) electrons. The summed E-state index contributed by atoms with van der Waals surface area (Å²) in [4.78, 5) is 3.04. The van der Waals surface area contributed by atoms with Crippen molar-refractivity contribution in [3.63, 3.8) is 0 Å². The molecular weight excluding hydrogens is 357 g/mol. The van der Waals surface area contributed by atoms with E-state index in [9.17, 15) is 17.2 Å². The van der Waals surface area contributed by atoms with E-state index in [4.69, 9.17) is 5.14 Å². The summed E-state index contributed by atoms with van der Waals surface area (Å²) in [6.45, 7) is 0. The van der Waals surface area contributed by atoms with E-state index in [1.54, 1.807) is 0 Å². The van der Waals surface area contributed by atoms with Crippen LogP contribution in [0.4, 0.5) is 8.78 Å². The SMILES string of the molecule is COc1cc(S(N)(=O)=O)c(I)c(C(F)F)n1. The van der Waals surface area contributed by atoms with E-state index in [2.05, 4.69) is 9.72 Å². The lowest BCUT2D eigenvalue weighted by atomic mass is 10.3. The van der Waals surface area contributed by atoms with Gasteiger partial charge in [0.15, 0.2) is 0 Å². The van der Waals surface area contributed by atoms with E-state index >= 15 is 0 Å². The fourth-order valence-electron chi connectivity index (χ4n) is 0.958. The van der Waals surface area contributed by atoms with Crippen LogP contribution in [0, 0.1) is 3.57 Å². The van der Waals surface area contributed by atoms with Crippen LogP contribution < -0.4 is 9.88 Å². The lowest BCUT2D eigenvalue weighted by molar-refractivity contribution is 0.143. The molecule has 90 valence electrons. The quantitative estimate of drug-likeness (QED) is 0.820. The highest BCUT2D eigenvalue weighted by Crippen LogP contribution is 2.30. The van der Waals surface area contributed by atoms with Crippen molar-refractivity contribution < 1.29 is 21.9 Å². The highest BCUT2D eigenvalue weighted by atomic mass is 127. The first-order chi connectivity index (χ1) is 7.27. The van der Waals surface area contributed by atoms with E-state index in [1.807, 2.05) is 0 Å². The molecule has 0 unspecified atom stereocenters. The van der Waals surface area contributed by atoms with Gasteiger partial charge in [-0.15, -0.1) is 0 Å². The minimum Gasteiger partial charge on any atom is -0.481 e. The third kappa shape index (κ3) is 2.77. The van der Waals surface area contributed by atoms with Crippen molar-refractivity contribution in [3.05, 3.63) is 15.3 Å². The highest BCUT2D eigenvalue weighted by Gasteiger charge is 2.23. The predicted octanol–water partition coefficient (Wildman–Crippen LogP) is 1.28.